The van der Waals surface area contributed by atoms with Crippen molar-refractivity contribution >= 4 is 23.2 Å². The molecule has 0 fully saturated rings. The van der Waals surface area contributed by atoms with E-state index >= 15 is 0 Å². The first-order valence-corrected chi connectivity index (χ1v) is 2.60. The molecular formula is C3H8Cl2Na2. The molecule has 7 heavy (non-hydrogen) atoms. The summed E-state index contributed by atoms with van der Waals surface area (Å²) >= 11 is 10.4. The first-order valence-electron chi connectivity index (χ1n) is 1.53. The summed E-state index contributed by atoms with van der Waals surface area (Å²) in [6, 6.07) is 0. The van der Waals surface area contributed by atoms with E-state index in [0.717, 1.165) is 6.42 Å². The van der Waals surface area contributed by atoms with Crippen LogP contribution in [0.3, 0.4) is 0 Å². The van der Waals surface area contributed by atoms with Gasteiger partial charge in [-0.05, 0) is 6.42 Å². The quantitative estimate of drug-likeness (QED) is 0.287. The van der Waals surface area contributed by atoms with Gasteiger partial charge in [-0.3, -0.25) is 0 Å². The standard InChI is InChI=1S/C3H6Cl2.2Na.2H/c4-2-1-3-5;;;;/h1-3H2;;;;/q;2*+1;2*-1. The summed E-state index contributed by atoms with van der Waals surface area (Å²) in [5.41, 5.74) is 0. The van der Waals surface area contributed by atoms with Gasteiger partial charge in [0.1, 0.15) is 0 Å². The molecule has 0 aromatic carbocycles. The fourth-order valence-electron chi connectivity index (χ4n) is 0.0505. The van der Waals surface area contributed by atoms with Crippen molar-refractivity contribution in [2.75, 3.05) is 11.8 Å². The van der Waals surface area contributed by atoms with Gasteiger partial charge < -0.3 is 2.85 Å². The normalized spacial score (nSPS) is 6.00. The molecule has 4 heteroatoms. The number of rotatable bonds is 2. The number of hydrogen-bond donors (Lipinski definition) is 0. The van der Waals surface area contributed by atoms with Gasteiger partial charge in [-0.25, -0.2) is 0 Å². The molecular weight excluding hydrogens is 153 g/mol. The summed E-state index contributed by atoms with van der Waals surface area (Å²) in [7, 11) is 0. The first-order chi connectivity index (χ1) is 2.41. The minimum atomic E-state index is 0. The third-order valence-corrected chi connectivity index (χ3v) is 0.802. The van der Waals surface area contributed by atoms with Gasteiger partial charge in [0.15, 0.2) is 0 Å². The second kappa shape index (κ2) is 15.8. The Morgan fingerprint density at radius 3 is 1.29 bits per heavy atom. The monoisotopic (exact) mass is 160 g/mol. The Bertz CT molecular complexity index is 25.3. The van der Waals surface area contributed by atoms with E-state index in [1.54, 1.807) is 0 Å². The van der Waals surface area contributed by atoms with Crippen molar-refractivity contribution in [1.29, 1.82) is 0 Å². The maximum Gasteiger partial charge on any atom is 1.00 e. The molecule has 0 atom stereocenters. The van der Waals surface area contributed by atoms with Crippen LogP contribution in [0.4, 0.5) is 0 Å². The summed E-state index contributed by atoms with van der Waals surface area (Å²) in [5.74, 6) is 1.37. The van der Waals surface area contributed by atoms with Gasteiger partial charge >= 0.3 is 59.1 Å². The Morgan fingerprint density at radius 2 is 1.29 bits per heavy atom. The molecule has 0 aliphatic rings. The van der Waals surface area contributed by atoms with Crippen LogP contribution in [0, 0.1) is 0 Å². The molecule has 0 radical (unpaired) electrons. The molecule has 0 bridgehead atoms. The molecule has 0 rings (SSSR count). The first kappa shape index (κ1) is 16.3. The second-order valence-corrected chi connectivity index (χ2v) is 1.49. The topological polar surface area (TPSA) is 0 Å². The fraction of sp³-hybridized carbons (Fsp3) is 1.00. The molecule has 0 spiro atoms. The van der Waals surface area contributed by atoms with Gasteiger partial charge in [-0.2, -0.15) is 0 Å². The van der Waals surface area contributed by atoms with Crippen LogP contribution < -0.4 is 59.1 Å². The van der Waals surface area contributed by atoms with Crippen molar-refractivity contribution in [1.82, 2.24) is 0 Å². The molecule has 0 saturated heterocycles. The zero-order chi connectivity index (χ0) is 4.12. The summed E-state index contributed by atoms with van der Waals surface area (Å²) in [5, 5.41) is 0. The smallest absolute Gasteiger partial charge is 1.00 e. The van der Waals surface area contributed by atoms with Crippen LogP contribution in [0.2, 0.25) is 0 Å². The van der Waals surface area contributed by atoms with Gasteiger partial charge in [0, 0.05) is 11.8 Å². The van der Waals surface area contributed by atoms with Crippen molar-refractivity contribution in [2.45, 2.75) is 6.42 Å². The average molecular weight is 161 g/mol. The maximum absolute atomic E-state index is 5.22. The Morgan fingerprint density at radius 1 is 1.00 bits per heavy atom. The largest absolute Gasteiger partial charge is 1.00 e. The molecule has 0 saturated carbocycles. The summed E-state index contributed by atoms with van der Waals surface area (Å²) in [4.78, 5) is 0. The molecule has 0 unspecified atom stereocenters. The van der Waals surface area contributed by atoms with Crippen LogP contribution in [0.1, 0.15) is 9.27 Å². The van der Waals surface area contributed by atoms with Crippen LogP contribution in [0.5, 0.6) is 0 Å². The van der Waals surface area contributed by atoms with Gasteiger partial charge in [0.25, 0.3) is 0 Å². The Hall–Kier alpha value is 2.58. The van der Waals surface area contributed by atoms with Gasteiger partial charge in [-0.15, -0.1) is 23.2 Å². The zero-order valence-electron chi connectivity index (χ0n) is 6.88. The molecule has 0 aromatic rings. The van der Waals surface area contributed by atoms with Gasteiger partial charge in [-0.1, -0.05) is 0 Å². The Balaban J connectivity index is -0.0000000133. The third kappa shape index (κ3) is 17.7. The van der Waals surface area contributed by atoms with E-state index in [1.807, 2.05) is 0 Å². The minimum Gasteiger partial charge on any atom is -1.00 e. The Kier molecular flexibility index (Phi) is 36.8. The van der Waals surface area contributed by atoms with E-state index < -0.39 is 0 Å². The molecule has 36 valence electrons. The van der Waals surface area contributed by atoms with Crippen LogP contribution in [-0.2, 0) is 0 Å². The summed E-state index contributed by atoms with van der Waals surface area (Å²) < 4.78 is 0. The van der Waals surface area contributed by atoms with Crippen LogP contribution in [-0.4, -0.2) is 11.8 Å². The molecule has 0 aliphatic carbocycles. The average Bonchev–Trinajstić information content (AvgIpc) is 1.41. The van der Waals surface area contributed by atoms with Crippen LogP contribution >= 0.6 is 23.2 Å². The van der Waals surface area contributed by atoms with Gasteiger partial charge in [0.2, 0.25) is 0 Å². The van der Waals surface area contributed by atoms with E-state index in [9.17, 15) is 0 Å². The van der Waals surface area contributed by atoms with E-state index in [-0.39, 0.29) is 62.0 Å². The van der Waals surface area contributed by atoms with Gasteiger partial charge in [0.05, 0.1) is 0 Å². The molecule has 0 aliphatic heterocycles. The molecule has 0 aromatic heterocycles. The van der Waals surface area contributed by atoms with E-state index in [2.05, 4.69) is 0 Å². The summed E-state index contributed by atoms with van der Waals surface area (Å²) in [6.07, 6.45) is 0.920. The maximum atomic E-state index is 5.22. The van der Waals surface area contributed by atoms with Crippen molar-refractivity contribution < 1.29 is 62.0 Å². The molecule has 0 amide bonds. The van der Waals surface area contributed by atoms with Crippen LogP contribution in [0.15, 0.2) is 0 Å². The fourth-order valence-corrected chi connectivity index (χ4v) is 0.455. The molecule has 0 nitrogen and oxygen atoms in total. The third-order valence-electron chi connectivity index (χ3n) is 0.267. The van der Waals surface area contributed by atoms with Crippen molar-refractivity contribution in [3.63, 3.8) is 0 Å². The minimum absolute atomic E-state index is 0. The van der Waals surface area contributed by atoms with E-state index in [1.165, 1.54) is 0 Å². The molecule has 0 N–H and O–H groups in total. The van der Waals surface area contributed by atoms with E-state index in [0.29, 0.717) is 11.8 Å². The number of halogens is 2. The summed E-state index contributed by atoms with van der Waals surface area (Å²) in [6.45, 7) is 0. The number of alkyl halides is 2. The Labute approximate surface area is 102 Å². The zero-order valence-corrected chi connectivity index (χ0v) is 10.4. The SMILES string of the molecule is ClCCCCl.[H-].[H-].[Na+].[Na+]. The van der Waals surface area contributed by atoms with E-state index in [4.69, 9.17) is 23.2 Å². The predicted octanol–water partition coefficient (Wildman–Crippen LogP) is -3.91. The number of hydrogen-bond acceptors (Lipinski definition) is 0. The van der Waals surface area contributed by atoms with Crippen molar-refractivity contribution in [3.8, 4) is 0 Å². The van der Waals surface area contributed by atoms with Crippen molar-refractivity contribution in [3.05, 3.63) is 0 Å². The van der Waals surface area contributed by atoms with Crippen molar-refractivity contribution in [2.24, 2.45) is 0 Å². The second-order valence-electron chi connectivity index (χ2n) is 0.732. The molecule has 0 heterocycles. The van der Waals surface area contributed by atoms with Crippen LogP contribution in [0.25, 0.3) is 0 Å². The predicted molar refractivity (Wildman–Crippen MR) is 28.3 cm³/mol.